The molecule has 0 amide bonds. The Morgan fingerprint density at radius 1 is 1.24 bits per heavy atom. The maximum absolute atomic E-state index is 14.6. The van der Waals surface area contributed by atoms with Crippen LogP contribution in [-0.2, 0) is 16.3 Å². The first-order valence-corrected chi connectivity index (χ1v) is 6.00. The van der Waals surface area contributed by atoms with Gasteiger partial charge in [-0.2, -0.15) is 8.78 Å². The molecule has 1 aliphatic heterocycles. The van der Waals surface area contributed by atoms with Gasteiger partial charge in [-0.25, -0.2) is 8.78 Å². The molecule has 1 N–H and O–H groups in total. The Bertz CT molecular complexity index is 701. The zero-order valence-corrected chi connectivity index (χ0v) is 10.5. The van der Waals surface area contributed by atoms with E-state index in [9.17, 15) is 22.7 Å². The number of pyridine rings is 1. The van der Waals surface area contributed by atoms with Crippen molar-refractivity contribution in [3.8, 4) is 5.75 Å². The normalized spacial score (nSPS) is 21.3. The lowest BCUT2D eigenvalue weighted by Gasteiger charge is -2.24. The Hall–Kier alpha value is -2.15. The SMILES string of the molecule is Oc1cccnc1C(F)(F)C1(c2ccc(F)cc2F)CO1. The van der Waals surface area contributed by atoms with E-state index in [-0.39, 0.29) is 0 Å². The van der Waals surface area contributed by atoms with Gasteiger partial charge in [0.05, 0.1) is 6.61 Å². The highest BCUT2D eigenvalue weighted by atomic mass is 19.3. The van der Waals surface area contributed by atoms with Crippen molar-refractivity contribution in [3.63, 3.8) is 0 Å². The lowest BCUT2D eigenvalue weighted by Crippen LogP contribution is -2.34. The lowest BCUT2D eigenvalue weighted by atomic mass is 9.90. The fourth-order valence-corrected chi connectivity index (χ4v) is 2.23. The van der Waals surface area contributed by atoms with E-state index in [0.717, 1.165) is 24.4 Å². The number of ether oxygens (including phenoxy) is 1. The Balaban J connectivity index is 2.12. The second-order valence-corrected chi connectivity index (χ2v) is 4.69. The van der Waals surface area contributed by atoms with Gasteiger partial charge in [0, 0.05) is 17.8 Å². The van der Waals surface area contributed by atoms with Crippen molar-refractivity contribution in [3.05, 3.63) is 59.4 Å². The number of benzene rings is 1. The Morgan fingerprint density at radius 3 is 2.52 bits per heavy atom. The Labute approximate surface area is 116 Å². The molecule has 0 radical (unpaired) electrons. The van der Waals surface area contributed by atoms with Crippen LogP contribution < -0.4 is 0 Å². The number of rotatable bonds is 3. The average Bonchev–Trinajstić information content (AvgIpc) is 3.21. The molecule has 21 heavy (non-hydrogen) atoms. The molecule has 110 valence electrons. The third kappa shape index (κ3) is 1.96. The summed E-state index contributed by atoms with van der Waals surface area (Å²) in [6, 6.07) is 4.62. The molecule has 2 heterocycles. The van der Waals surface area contributed by atoms with Crippen LogP contribution in [0.25, 0.3) is 0 Å². The van der Waals surface area contributed by atoms with Crippen LogP contribution >= 0.6 is 0 Å². The van der Waals surface area contributed by atoms with Crippen LogP contribution in [0.15, 0.2) is 36.5 Å². The molecule has 1 fully saturated rings. The number of nitrogens with zero attached hydrogens (tertiary/aromatic N) is 1. The van der Waals surface area contributed by atoms with Gasteiger partial charge in [-0.15, -0.1) is 0 Å². The highest BCUT2D eigenvalue weighted by Gasteiger charge is 2.68. The van der Waals surface area contributed by atoms with Crippen molar-refractivity contribution in [1.82, 2.24) is 4.98 Å². The second kappa shape index (κ2) is 4.42. The highest BCUT2D eigenvalue weighted by molar-refractivity contribution is 5.39. The molecule has 3 nitrogen and oxygen atoms in total. The van der Waals surface area contributed by atoms with Crippen molar-refractivity contribution in [2.24, 2.45) is 0 Å². The van der Waals surface area contributed by atoms with Crippen molar-refractivity contribution in [1.29, 1.82) is 0 Å². The zero-order chi connectivity index (χ0) is 15.3. The summed E-state index contributed by atoms with van der Waals surface area (Å²) in [6.07, 6.45) is 1.08. The summed E-state index contributed by atoms with van der Waals surface area (Å²) in [6.45, 7) is -0.460. The minimum absolute atomic E-state index is 0.460. The van der Waals surface area contributed by atoms with Crippen molar-refractivity contribution < 1.29 is 27.4 Å². The number of halogens is 4. The third-order valence-electron chi connectivity index (χ3n) is 3.39. The number of hydrogen-bond acceptors (Lipinski definition) is 3. The van der Waals surface area contributed by atoms with E-state index in [2.05, 4.69) is 4.98 Å². The van der Waals surface area contributed by atoms with E-state index >= 15 is 0 Å². The van der Waals surface area contributed by atoms with Gasteiger partial charge >= 0.3 is 5.92 Å². The summed E-state index contributed by atoms with van der Waals surface area (Å²) in [5.41, 5.74) is -3.67. The largest absolute Gasteiger partial charge is 0.506 e. The predicted octanol–water partition coefficient (Wildman–Crippen LogP) is 3.08. The maximum atomic E-state index is 14.6. The molecule has 0 spiro atoms. The predicted molar refractivity (Wildman–Crippen MR) is 63.8 cm³/mol. The van der Waals surface area contributed by atoms with Crippen LogP contribution in [0.2, 0.25) is 0 Å². The molecule has 1 atom stereocenters. The fraction of sp³-hybridized carbons (Fsp3) is 0.214. The highest BCUT2D eigenvalue weighted by Crippen LogP contribution is 2.57. The van der Waals surface area contributed by atoms with Crippen LogP contribution in [-0.4, -0.2) is 16.7 Å². The van der Waals surface area contributed by atoms with Gasteiger partial charge in [0.1, 0.15) is 17.4 Å². The van der Waals surface area contributed by atoms with Crippen molar-refractivity contribution in [2.45, 2.75) is 11.5 Å². The van der Waals surface area contributed by atoms with E-state index in [1.165, 1.54) is 6.07 Å². The van der Waals surface area contributed by atoms with Crippen LogP contribution in [0.3, 0.4) is 0 Å². The van der Waals surface area contributed by atoms with E-state index in [0.29, 0.717) is 6.07 Å². The molecule has 0 saturated carbocycles. The molecule has 7 heteroatoms. The zero-order valence-electron chi connectivity index (χ0n) is 10.5. The lowest BCUT2D eigenvalue weighted by molar-refractivity contribution is -0.0916. The van der Waals surface area contributed by atoms with Crippen LogP contribution in [0.4, 0.5) is 17.6 Å². The summed E-state index contributed by atoms with van der Waals surface area (Å²) in [5, 5.41) is 9.55. The third-order valence-corrected chi connectivity index (χ3v) is 3.39. The van der Waals surface area contributed by atoms with E-state index in [1.54, 1.807) is 0 Å². The summed E-state index contributed by atoms with van der Waals surface area (Å²) < 4.78 is 60.8. The van der Waals surface area contributed by atoms with Gasteiger partial charge in [-0.05, 0) is 24.3 Å². The summed E-state index contributed by atoms with van der Waals surface area (Å²) >= 11 is 0. The molecular weight excluding hydrogens is 290 g/mol. The summed E-state index contributed by atoms with van der Waals surface area (Å²) in [5.74, 6) is -6.50. The summed E-state index contributed by atoms with van der Waals surface area (Å²) in [7, 11) is 0. The molecule has 0 bridgehead atoms. The number of epoxide rings is 1. The first-order valence-electron chi connectivity index (χ1n) is 6.00. The Kier molecular flexibility index (Phi) is 2.91. The average molecular weight is 299 g/mol. The number of alkyl halides is 2. The number of aromatic hydroxyl groups is 1. The molecular formula is C14H9F4NO2. The smallest absolute Gasteiger partial charge is 0.328 e. The first kappa shape index (κ1) is 13.8. The molecule has 1 aromatic heterocycles. The topological polar surface area (TPSA) is 45.7 Å². The van der Waals surface area contributed by atoms with Crippen LogP contribution in [0.5, 0.6) is 5.75 Å². The monoisotopic (exact) mass is 299 g/mol. The van der Waals surface area contributed by atoms with Crippen molar-refractivity contribution >= 4 is 0 Å². The van der Waals surface area contributed by atoms with Gasteiger partial charge in [-0.3, -0.25) is 4.98 Å². The minimum Gasteiger partial charge on any atom is -0.506 e. The standard InChI is InChI=1S/C14H9F4NO2/c15-8-3-4-9(10(16)6-8)13(7-21-13)14(17,18)12-11(20)2-1-5-19-12/h1-6,20H,7H2. The summed E-state index contributed by atoms with van der Waals surface area (Å²) in [4.78, 5) is 3.45. The van der Waals surface area contributed by atoms with Gasteiger partial charge < -0.3 is 9.84 Å². The molecule has 1 unspecified atom stereocenters. The Morgan fingerprint density at radius 2 is 1.95 bits per heavy atom. The number of hydrogen-bond donors (Lipinski definition) is 1. The van der Waals surface area contributed by atoms with Crippen LogP contribution in [0.1, 0.15) is 11.3 Å². The maximum Gasteiger partial charge on any atom is 0.328 e. The molecule has 1 saturated heterocycles. The van der Waals surface area contributed by atoms with Gasteiger partial charge in [0.15, 0.2) is 11.3 Å². The number of aromatic nitrogens is 1. The quantitative estimate of drug-likeness (QED) is 0.700. The first-order chi connectivity index (χ1) is 9.88. The molecule has 0 aliphatic carbocycles. The van der Waals surface area contributed by atoms with Crippen LogP contribution in [0, 0.1) is 11.6 Å². The van der Waals surface area contributed by atoms with E-state index < -0.39 is 46.8 Å². The molecule has 2 aromatic rings. The molecule has 1 aliphatic rings. The van der Waals surface area contributed by atoms with E-state index in [4.69, 9.17) is 4.74 Å². The molecule has 3 rings (SSSR count). The van der Waals surface area contributed by atoms with Gasteiger partial charge in [-0.1, -0.05) is 0 Å². The van der Waals surface area contributed by atoms with Gasteiger partial charge in [0.25, 0.3) is 0 Å². The van der Waals surface area contributed by atoms with E-state index in [1.807, 2.05) is 0 Å². The van der Waals surface area contributed by atoms with Crippen molar-refractivity contribution in [2.75, 3.05) is 6.61 Å². The molecule has 1 aromatic carbocycles. The second-order valence-electron chi connectivity index (χ2n) is 4.69. The fourth-order valence-electron chi connectivity index (χ4n) is 2.23. The minimum atomic E-state index is -3.77. The van der Waals surface area contributed by atoms with Gasteiger partial charge in [0.2, 0.25) is 0 Å².